The molecule has 2 aromatic heterocycles. The van der Waals surface area contributed by atoms with Crippen molar-refractivity contribution < 1.29 is 18.8 Å². The van der Waals surface area contributed by atoms with Crippen molar-refractivity contribution in [2.75, 3.05) is 51.1 Å². The summed E-state index contributed by atoms with van der Waals surface area (Å²) in [6.07, 6.45) is 5.09. The molecule has 1 saturated heterocycles. The van der Waals surface area contributed by atoms with Gasteiger partial charge in [0.1, 0.15) is 5.82 Å². The molecule has 1 N–H and O–H groups in total. The first kappa shape index (κ1) is 25.5. The minimum absolute atomic E-state index is 0.0138. The number of hydrogen-bond donors (Lipinski definition) is 1. The third-order valence-corrected chi connectivity index (χ3v) is 7.38. The highest BCUT2D eigenvalue weighted by Crippen LogP contribution is 2.33. The normalized spacial score (nSPS) is 17.2. The maximum absolute atomic E-state index is 13.5. The number of aromatic nitrogens is 3. The number of nitrogens with one attached hydrogen (secondary N) is 1. The quantitative estimate of drug-likeness (QED) is 0.503. The average molecular weight is 520 g/mol. The van der Waals surface area contributed by atoms with E-state index in [2.05, 4.69) is 25.3 Å². The summed E-state index contributed by atoms with van der Waals surface area (Å²) < 4.78 is 10.1. The number of rotatable bonds is 7. The largest absolute Gasteiger partial charge is 0.479 e. The Kier molecular flexibility index (Phi) is 7.17. The predicted octanol–water partition coefficient (Wildman–Crippen LogP) is 2.70. The minimum Gasteiger partial charge on any atom is -0.479 e. The molecule has 3 aromatic rings. The van der Waals surface area contributed by atoms with Crippen molar-refractivity contribution in [3.05, 3.63) is 59.0 Å². The van der Waals surface area contributed by atoms with Gasteiger partial charge in [-0.25, -0.2) is 4.98 Å². The number of nitrogens with zero attached hydrogens (tertiary/aromatic N) is 6. The molecule has 11 nitrogen and oxygen atoms in total. The van der Waals surface area contributed by atoms with E-state index in [4.69, 9.17) is 9.26 Å². The number of amides is 2. The third-order valence-electron chi connectivity index (χ3n) is 7.38. The molecule has 1 aliphatic carbocycles. The van der Waals surface area contributed by atoms with Gasteiger partial charge >= 0.3 is 0 Å². The van der Waals surface area contributed by atoms with Crippen LogP contribution in [0.15, 0.2) is 41.1 Å². The Balaban J connectivity index is 1.22. The number of methoxy groups -OCH3 is 1. The van der Waals surface area contributed by atoms with Crippen molar-refractivity contribution in [2.45, 2.75) is 37.8 Å². The SMILES string of the molecule is COc1cc(C(=O)N[C@@H]2CCc3ccc(C(=O)N(C)C4CCN(c5ccnc(N(C)C)n5)CC4)cc32)on1. The summed E-state index contributed by atoms with van der Waals surface area (Å²) in [7, 11) is 7.19. The molecule has 2 amide bonds. The highest BCUT2D eigenvalue weighted by atomic mass is 16.5. The van der Waals surface area contributed by atoms with Gasteiger partial charge in [-0.15, -0.1) is 0 Å². The maximum Gasteiger partial charge on any atom is 0.290 e. The maximum atomic E-state index is 13.5. The Morgan fingerprint density at radius 3 is 2.61 bits per heavy atom. The predicted molar refractivity (Wildman–Crippen MR) is 142 cm³/mol. The van der Waals surface area contributed by atoms with E-state index in [1.807, 2.05) is 55.2 Å². The molecule has 0 saturated carbocycles. The van der Waals surface area contributed by atoms with Gasteiger partial charge in [-0.1, -0.05) is 6.07 Å². The Morgan fingerprint density at radius 2 is 1.89 bits per heavy atom. The fraction of sp³-hybridized carbons (Fsp3) is 0.444. The van der Waals surface area contributed by atoms with Crippen LogP contribution in [0.2, 0.25) is 0 Å². The summed E-state index contributed by atoms with van der Waals surface area (Å²) >= 11 is 0. The summed E-state index contributed by atoms with van der Waals surface area (Å²) in [4.78, 5) is 41.1. The zero-order chi connectivity index (χ0) is 26.8. The molecular formula is C27H33N7O4. The minimum atomic E-state index is -0.361. The van der Waals surface area contributed by atoms with E-state index < -0.39 is 0 Å². The van der Waals surface area contributed by atoms with Crippen LogP contribution in [-0.2, 0) is 6.42 Å². The van der Waals surface area contributed by atoms with Crippen LogP contribution in [0.4, 0.5) is 11.8 Å². The highest BCUT2D eigenvalue weighted by molar-refractivity contribution is 5.95. The molecule has 38 heavy (non-hydrogen) atoms. The fourth-order valence-corrected chi connectivity index (χ4v) is 5.16. The molecule has 11 heteroatoms. The lowest BCUT2D eigenvalue weighted by Gasteiger charge is -2.37. The number of fused-ring (bicyclic) bond motifs is 1. The number of aryl methyl sites for hydroxylation is 1. The molecule has 1 fully saturated rings. The Labute approximate surface area is 221 Å². The van der Waals surface area contributed by atoms with Crippen molar-refractivity contribution in [3.63, 3.8) is 0 Å². The van der Waals surface area contributed by atoms with Crippen LogP contribution >= 0.6 is 0 Å². The molecule has 0 unspecified atom stereocenters. The molecule has 1 aromatic carbocycles. The molecule has 3 heterocycles. The van der Waals surface area contributed by atoms with E-state index in [0.29, 0.717) is 11.5 Å². The average Bonchev–Trinajstić information content (AvgIpc) is 3.59. The lowest BCUT2D eigenvalue weighted by atomic mass is 10.0. The Hall–Kier alpha value is -4.15. The fourth-order valence-electron chi connectivity index (χ4n) is 5.16. The Bertz CT molecular complexity index is 1320. The van der Waals surface area contributed by atoms with E-state index in [1.165, 1.54) is 13.2 Å². The second-order valence-corrected chi connectivity index (χ2v) is 9.96. The van der Waals surface area contributed by atoms with Gasteiger partial charge in [0.25, 0.3) is 17.7 Å². The first-order chi connectivity index (χ1) is 18.3. The van der Waals surface area contributed by atoms with Crippen LogP contribution in [0.1, 0.15) is 57.3 Å². The molecule has 5 rings (SSSR count). The van der Waals surface area contributed by atoms with E-state index in [-0.39, 0.29) is 35.5 Å². The molecule has 200 valence electrons. The van der Waals surface area contributed by atoms with Crippen molar-refractivity contribution in [3.8, 4) is 5.88 Å². The molecular weight excluding hydrogens is 486 g/mol. The van der Waals surface area contributed by atoms with E-state index in [1.54, 1.807) is 6.20 Å². The highest BCUT2D eigenvalue weighted by Gasteiger charge is 2.30. The van der Waals surface area contributed by atoms with Crippen molar-refractivity contribution in [2.24, 2.45) is 0 Å². The van der Waals surface area contributed by atoms with E-state index in [9.17, 15) is 9.59 Å². The summed E-state index contributed by atoms with van der Waals surface area (Å²) in [5.74, 6) is 1.56. The number of carbonyl (C=O) groups is 2. The van der Waals surface area contributed by atoms with Crippen LogP contribution in [-0.4, -0.2) is 79.2 Å². The van der Waals surface area contributed by atoms with Crippen molar-refractivity contribution >= 4 is 23.6 Å². The summed E-state index contributed by atoms with van der Waals surface area (Å²) in [5.41, 5.74) is 2.74. The smallest absolute Gasteiger partial charge is 0.290 e. The van der Waals surface area contributed by atoms with Crippen LogP contribution in [0.5, 0.6) is 5.88 Å². The van der Waals surface area contributed by atoms with Crippen molar-refractivity contribution in [1.82, 2.24) is 25.3 Å². The van der Waals surface area contributed by atoms with Gasteiger partial charge in [-0.3, -0.25) is 9.59 Å². The zero-order valence-electron chi connectivity index (χ0n) is 22.2. The van der Waals surface area contributed by atoms with Crippen LogP contribution in [0, 0.1) is 0 Å². The zero-order valence-corrected chi connectivity index (χ0v) is 22.2. The van der Waals surface area contributed by atoms with Crippen LogP contribution in [0.25, 0.3) is 0 Å². The van der Waals surface area contributed by atoms with E-state index in [0.717, 1.165) is 55.7 Å². The van der Waals surface area contributed by atoms with Gasteiger partial charge in [0, 0.05) is 52.0 Å². The monoisotopic (exact) mass is 519 g/mol. The first-order valence-corrected chi connectivity index (χ1v) is 12.8. The number of carbonyl (C=O) groups excluding carboxylic acids is 2. The van der Waals surface area contributed by atoms with Gasteiger partial charge in [-0.05, 0) is 60.2 Å². The van der Waals surface area contributed by atoms with Crippen LogP contribution in [0.3, 0.4) is 0 Å². The van der Waals surface area contributed by atoms with Gasteiger partial charge in [0.2, 0.25) is 11.7 Å². The molecule has 1 atom stereocenters. The van der Waals surface area contributed by atoms with E-state index >= 15 is 0 Å². The lowest BCUT2D eigenvalue weighted by Crippen LogP contribution is -2.46. The second kappa shape index (κ2) is 10.7. The molecule has 0 spiro atoms. The molecule has 0 bridgehead atoms. The molecule has 0 radical (unpaired) electrons. The third kappa shape index (κ3) is 5.13. The van der Waals surface area contributed by atoms with Gasteiger partial charge < -0.3 is 29.3 Å². The number of anilines is 2. The van der Waals surface area contributed by atoms with Gasteiger partial charge in [0.15, 0.2) is 0 Å². The van der Waals surface area contributed by atoms with Crippen LogP contribution < -0.4 is 19.9 Å². The molecule has 2 aliphatic rings. The topological polar surface area (TPSA) is 117 Å². The standard InChI is InChI=1S/C27H33N7O4/c1-32(2)27-28-12-9-23(30-27)34-13-10-19(11-14-34)33(3)26(36)18-6-5-17-7-8-21(20(17)15-18)29-25(35)22-16-24(37-4)31-38-22/h5-6,9,12,15-16,19,21H,7-8,10-11,13-14H2,1-4H3,(H,29,35)/t21-/m1/s1. The van der Waals surface area contributed by atoms with Gasteiger partial charge in [0.05, 0.1) is 19.2 Å². The second-order valence-electron chi connectivity index (χ2n) is 9.96. The number of hydrogen-bond acceptors (Lipinski definition) is 9. The number of piperidine rings is 1. The number of ether oxygens (including phenoxy) is 1. The summed E-state index contributed by atoms with van der Waals surface area (Å²) in [6, 6.07) is 9.14. The molecule has 1 aliphatic heterocycles. The number of benzene rings is 1. The first-order valence-electron chi connectivity index (χ1n) is 12.8. The summed E-state index contributed by atoms with van der Waals surface area (Å²) in [5, 5.41) is 6.70. The lowest BCUT2D eigenvalue weighted by molar-refractivity contribution is 0.0709. The van der Waals surface area contributed by atoms with Crippen molar-refractivity contribution in [1.29, 1.82) is 0 Å². The van der Waals surface area contributed by atoms with Gasteiger partial charge in [-0.2, -0.15) is 4.98 Å². The summed E-state index contributed by atoms with van der Waals surface area (Å²) in [6.45, 7) is 1.63. The Morgan fingerprint density at radius 1 is 1.11 bits per heavy atom.